The molecule has 2 N–H and O–H groups in total. The van der Waals surface area contributed by atoms with E-state index in [4.69, 9.17) is 0 Å². The molecule has 0 saturated carbocycles. The average molecular weight is 298 g/mol. The first-order chi connectivity index (χ1) is 8.06. The summed E-state index contributed by atoms with van der Waals surface area (Å²) in [5.74, 6) is -0.973. The summed E-state index contributed by atoms with van der Waals surface area (Å²) in [4.78, 5) is 15.4. The first kappa shape index (κ1) is 11.7. The van der Waals surface area contributed by atoms with Gasteiger partial charge in [0.05, 0.1) is 11.6 Å². The first-order valence-corrected chi connectivity index (χ1v) is 5.44. The number of hydrogen-bond acceptors (Lipinski definition) is 5. The van der Waals surface area contributed by atoms with Crippen LogP contribution in [-0.2, 0) is 4.74 Å². The van der Waals surface area contributed by atoms with Crippen LogP contribution in [0.1, 0.15) is 10.5 Å². The Bertz CT molecular complexity index is 612. The van der Waals surface area contributed by atoms with Crippen LogP contribution in [0.3, 0.4) is 0 Å². The minimum Gasteiger partial charge on any atom is -0.506 e. The largest absolute Gasteiger partial charge is 0.506 e. The van der Waals surface area contributed by atoms with Crippen molar-refractivity contribution < 1.29 is 19.7 Å². The van der Waals surface area contributed by atoms with E-state index in [0.29, 0.717) is 5.39 Å². The fourth-order valence-electron chi connectivity index (χ4n) is 1.46. The van der Waals surface area contributed by atoms with Gasteiger partial charge >= 0.3 is 5.97 Å². The van der Waals surface area contributed by atoms with E-state index < -0.39 is 5.97 Å². The molecule has 0 aliphatic rings. The van der Waals surface area contributed by atoms with E-state index in [-0.39, 0.29) is 27.2 Å². The number of aromatic nitrogens is 1. The first-order valence-electron chi connectivity index (χ1n) is 4.64. The number of carbonyl (C=O) groups excluding carboxylic acids is 1. The van der Waals surface area contributed by atoms with Crippen molar-refractivity contribution in [3.05, 3.63) is 28.4 Å². The molecular weight excluding hydrogens is 290 g/mol. The van der Waals surface area contributed by atoms with E-state index in [1.165, 1.54) is 13.2 Å². The molecule has 0 saturated heterocycles. The van der Waals surface area contributed by atoms with E-state index >= 15 is 0 Å². The van der Waals surface area contributed by atoms with Crippen molar-refractivity contribution in [1.82, 2.24) is 4.98 Å². The van der Waals surface area contributed by atoms with Gasteiger partial charge in [-0.1, -0.05) is 6.07 Å². The van der Waals surface area contributed by atoms with Crippen molar-refractivity contribution in [2.24, 2.45) is 0 Å². The quantitative estimate of drug-likeness (QED) is 0.789. The maximum Gasteiger partial charge on any atom is 0.358 e. The van der Waals surface area contributed by atoms with Crippen molar-refractivity contribution in [3.8, 4) is 11.5 Å². The number of ether oxygens (including phenoxy) is 1. The summed E-state index contributed by atoms with van der Waals surface area (Å²) in [7, 11) is 1.21. The summed E-state index contributed by atoms with van der Waals surface area (Å²) in [5.41, 5.74) is 0.0626. The number of para-hydroxylation sites is 1. The van der Waals surface area contributed by atoms with Gasteiger partial charge in [-0.2, -0.15) is 0 Å². The number of hydrogen-bond donors (Lipinski definition) is 2. The van der Waals surface area contributed by atoms with Crippen LogP contribution in [0.15, 0.2) is 22.7 Å². The fraction of sp³-hybridized carbons (Fsp3) is 0.0909. The molecule has 0 bridgehead atoms. The lowest BCUT2D eigenvalue weighted by molar-refractivity contribution is 0.0593. The molecule has 6 heteroatoms. The zero-order valence-corrected chi connectivity index (χ0v) is 10.4. The molecule has 0 aliphatic heterocycles. The van der Waals surface area contributed by atoms with Crippen molar-refractivity contribution in [1.29, 1.82) is 0 Å². The molecule has 0 radical (unpaired) electrons. The van der Waals surface area contributed by atoms with Crippen LogP contribution < -0.4 is 0 Å². The summed E-state index contributed by atoms with van der Waals surface area (Å²) in [6.45, 7) is 0. The smallest absolute Gasteiger partial charge is 0.358 e. The van der Waals surface area contributed by atoms with Gasteiger partial charge in [0.2, 0.25) is 0 Å². The lowest BCUT2D eigenvalue weighted by Gasteiger charge is -2.08. The predicted octanol–water partition coefficient (Wildman–Crippen LogP) is 2.20. The minimum absolute atomic E-state index is 0.0843. The monoisotopic (exact) mass is 297 g/mol. The summed E-state index contributed by atoms with van der Waals surface area (Å²) in [6.07, 6.45) is 0. The summed E-state index contributed by atoms with van der Waals surface area (Å²) >= 11 is 3.07. The molecule has 1 aromatic heterocycles. The van der Waals surface area contributed by atoms with Gasteiger partial charge < -0.3 is 14.9 Å². The number of phenolic OH excluding ortho intramolecular Hbond substituents is 1. The van der Waals surface area contributed by atoms with Crippen molar-refractivity contribution >= 4 is 32.8 Å². The van der Waals surface area contributed by atoms with Gasteiger partial charge in [0.1, 0.15) is 17.0 Å². The van der Waals surface area contributed by atoms with E-state index in [1.54, 1.807) is 12.1 Å². The Kier molecular flexibility index (Phi) is 2.89. The number of fused-ring (bicyclic) bond motifs is 1. The third-order valence-corrected chi connectivity index (χ3v) is 3.04. The van der Waals surface area contributed by atoms with Crippen LogP contribution in [0, 0.1) is 0 Å². The number of esters is 1. The molecule has 1 aromatic carbocycles. The molecule has 0 atom stereocenters. The van der Waals surface area contributed by atoms with E-state index in [9.17, 15) is 15.0 Å². The normalized spacial score (nSPS) is 10.5. The highest BCUT2D eigenvalue weighted by Crippen LogP contribution is 2.37. The third-order valence-electron chi connectivity index (χ3n) is 2.29. The van der Waals surface area contributed by atoms with Crippen LogP contribution in [0.2, 0.25) is 0 Å². The number of nitrogens with zero attached hydrogens (tertiary/aromatic N) is 1. The fourth-order valence-corrected chi connectivity index (χ4v) is 1.93. The lowest BCUT2D eigenvalue weighted by atomic mass is 10.1. The maximum atomic E-state index is 11.4. The summed E-state index contributed by atoms with van der Waals surface area (Å²) < 4.78 is 4.68. The highest BCUT2D eigenvalue weighted by atomic mass is 79.9. The van der Waals surface area contributed by atoms with Crippen LogP contribution in [0.4, 0.5) is 0 Å². The maximum absolute atomic E-state index is 11.4. The molecule has 0 spiro atoms. The number of rotatable bonds is 1. The van der Waals surface area contributed by atoms with Crippen molar-refractivity contribution in [2.75, 3.05) is 7.11 Å². The van der Waals surface area contributed by atoms with Gasteiger partial charge in [-0.3, -0.25) is 0 Å². The van der Waals surface area contributed by atoms with Crippen LogP contribution in [0.25, 0.3) is 10.9 Å². The van der Waals surface area contributed by atoms with Crippen LogP contribution in [-0.4, -0.2) is 28.3 Å². The topological polar surface area (TPSA) is 79.7 Å². The Morgan fingerprint density at radius 3 is 2.76 bits per heavy atom. The average Bonchev–Trinajstić information content (AvgIpc) is 2.33. The number of halogens is 1. The molecule has 2 rings (SSSR count). The number of phenols is 1. The van der Waals surface area contributed by atoms with Gasteiger partial charge in [0.15, 0.2) is 5.69 Å². The highest BCUT2D eigenvalue weighted by molar-refractivity contribution is 9.10. The van der Waals surface area contributed by atoms with Gasteiger partial charge in [0, 0.05) is 5.39 Å². The molecule has 0 amide bonds. The standard InChI is InChI=1S/C11H8BrNO4/c1-17-11(16)9-7(12)10(15)5-3-2-4-6(14)8(5)13-9/h2-4,14H,1H3,(H,13,15). The Balaban J connectivity index is 2.85. The Hall–Kier alpha value is -1.82. The van der Waals surface area contributed by atoms with Gasteiger partial charge in [-0.15, -0.1) is 0 Å². The van der Waals surface area contributed by atoms with E-state index in [2.05, 4.69) is 25.7 Å². The van der Waals surface area contributed by atoms with Crippen molar-refractivity contribution in [2.45, 2.75) is 0 Å². The Labute approximate surface area is 105 Å². The van der Waals surface area contributed by atoms with Crippen LogP contribution in [0.5, 0.6) is 11.5 Å². The molecule has 2 aromatic rings. The van der Waals surface area contributed by atoms with Gasteiger partial charge in [-0.05, 0) is 28.1 Å². The third kappa shape index (κ3) is 1.80. The molecule has 1 heterocycles. The summed E-state index contributed by atoms with van der Waals surface area (Å²) in [6, 6.07) is 4.58. The minimum atomic E-state index is -0.697. The Morgan fingerprint density at radius 1 is 1.41 bits per heavy atom. The van der Waals surface area contributed by atoms with Crippen LogP contribution >= 0.6 is 15.9 Å². The molecule has 5 nitrogen and oxygen atoms in total. The number of carbonyl (C=O) groups is 1. The SMILES string of the molecule is COC(=O)c1nc2c(O)cccc2c(O)c1Br. The number of benzene rings is 1. The second kappa shape index (κ2) is 4.21. The molecular formula is C11H8BrNO4. The Morgan fingerprint density at radius 2 is 2.12 bits per heavy atom. The second-order valence-corrected chi connectivity index (χ2v) is 4.08. The number of methoxy groups -OCH3 is 1. The zero-order chi connectivity index (χ0) is 12.6. The number of aromatic hydroxyl groups is 2. The number of pyridine rings is 1. The summed E-state index contributed by atoms with van der Waals surface area (Å²) in [5, 5.41) is 19.9. The van der Waals surface area contributed by atoms with E-state index in [0.717, 1.165) is 0 Å². The van der Waals surface area contributed by atoms with Crippen molar-refractivity contribution in [3.63, 3.8) is 0 Å². The highest BCUT2D eigenvalue weighted by Gasteiger charge is 2.19. The second-order valence-electron chi connectivity index (χ2n) is 3.29. The van der Waals surface area contributed by atoms with E-state index in [1.807, 2.05) is 0 Å². The zero-order valence-electron chi connectivity index (χ0n) is 8.77. The molecule has 88 valence electrons. The predicted molar refractivity (Wildman–Crippen MR) is 64.1 cm³/mol. The molecule has 0 unspecified atom stereocenters. The lowest BCUT2D eigenvalue weighted by Crippen LogP contribution is -2.05. The van der Waals surface area contributed by atoms with Gasteiger partial charge in [0.25, 0.3) is 0 Å². The molecule has 0 fully saturated rings. The van der Waals surface area contributed by atoms with Gasteiger partial charge in [-0.25, -0.2) is 9.78 Å². The molecule has 0 aliphatic carbocycles. The molecule has 17 heavy (non-hydrogen) atoms.